The molecule has 0 aromatic carbocycles. The Morgan fingerprint density at radius 2 is 1.69 bits per heavy atom. The molecule has 1 rings (SSSR count). The maximum absolute atomic E-state index is 10.6. The first-order valence-corrected chi connectivity index (χ1v) is 5.20. The molecule has 76 valence electrons. The van der Waals surface area contributed by atoms with E-state index in [9.17, 15) is 4.79 Å². The van der Waals surface area contributed by atoms with Gasteiger partial charge in [-0.05, 0) is 19.3 Å². The summed E-state index contributed by atoms with van der Waals surface area (Å²) in [5.74, 6) is -0.228. The van der Waals surface area contributed by atoms with E-state index in [1.54, 1.807) is 0 Å². The molecular weight excluding hydrogens is 164 g/mol. The van der Waals surface area contributed by atoms with Crippen molar-refractivity contribution in [2.75, 3.05) is 0 Å². The molecule has 0 unspecified atom stereocenters. The van der Waals surface area contributed by atoms with Crippen molar-refractivity contribution in [3.63, 3.8) is 0 Å². The van der Waals surface area contributed by atoms with E-state index in [4.69, 9.17) is 11.5 Å². The van der Waals surface area contributed by atoms with Gasteiger partial charge in [-0.15, -0.1) is 0 Å². The largest absolute Gasteiger partial charge is 0.370 e. The van der Waals surface area contributed by atoms with Crippen molar-refractivity contribution in [2.45, 2.75) is 56.9 Å². The Morgan fingerprint density at radius 3 is 2.15 bits per heavy atom. The maximum Gasteiger partial charge on any atom is 0.217 e. The van der Waals surface area contributed by atoms with Crippen LogP contribution in [0.4, 0.5) is 0 Å². The van der Waals surface area contributed by atoms with Crippen LogP contribution >= 0.6 is 0 Å². The molecule has 0 aromatic heterocycles. The zero-order valence-electron chi connectivity index (χ0n) is 8.22. The van der Waals surface area contributed by atoms with Crippen LogP contribution in [-0.2, 0) is 4.79 Å². The van der Waals surface area contributed by atoms with Gasteiger partial charge in [0, 0.05) is 12.0 Å². The minimum absolute atomic E-state index is 0.106. The Morgan fingerprint density at radius 1 is 1.15 bits per heavy atom. The summed E-state index contributed by atoms with van der Waals surface area (Å²) in [7, 11) is 0. The molecule has 0 heterocycles. The lowest BCUT2D eigenvalue weighted by molar-refractivity contribution is -0.118. The Balaban J connectivity index is 2.37. The molecule has 0 spiro atoms. The molecule has 1 aliphatic rings. The molecule has 0 saturated heterocycles. The van der Waals surface area contributed by atoms with Gasteiger partial charge in [0.1, 0.15) is 0 Å². The van der Waals surface area contributed by atoms with Gasteiger partial charge in [0.2, 0.25) is 5.91 Å². The lowest BCUT2D eigenvalue weighted by Gasteiger charge is -2.27. The Hall–Kier alpha value is -0.570. The van der Waals surface area contributed by atoms with E-state index in [1.807, 2.05) is 0 Å². The van der Waals surface area contributed by atoms with Gasteiger partial charge in [0.25, 0.3) is 0 Å². The standard InChI is InChI=1S/C10H20N2O/c11-9(13)5-8-10(12)6-3-1-2-4-7-10/h1-8,12H2,(H2,11,13). The summed E-state index contributed by atoms with van der Waals surface area (Å²) in [6.07, 6.45) is 8.30. The zero-order valence-corrected chi connectivity index (χ0v) is 8.22. The first-order valence-electron chi connectivity index (χ1n) is 5.20. The van der Waals surface area contributed by atoms with Crippen LogP contribution in [0.1, 0.15) is 51.4 Å². The van der Waals surface area contributed by atoms with Crippen molar-refractivity contribution in [2.24, 2.45) is 11.5 Å². The number of hydrogen-bond acceptors (Lipinski definition) is 2. The first kappa shape index (κ1) is 10.5. The molecule has 0 radical (unpaired) electrons. The van der Waals surface area contributed by atoms with E-state index in [0.29, 0.717) is 6.42 Å². The normalized spacial score (nSPS) is 22.2. The van der Waals surface area contributed by atoms with Gasteiger partial charge in [-0.1, -0.05) is 25.7 Å². The monoisotopic (exact) mass is 184 g/mol. The summed E-state index contributed by atoms with van der Waals surface area (Å²) in [4.78, 5) is 10.6. The first-order chi connectivity index (χ1) is 6.12. The smallest absolute Gasteiger partial charge is 0.217 e. The van der Waals surface area contributed by atoms with Gasteiger partial charge in [0.15, 0.2) is 0 Å². The Bertz CT molecular complexity index is 172. The number of hydrogen-bond donors (Lipinski definition) is 2. The number of primary amides is 1. The molecule has 4 N–H and O–H groups in total. The summed E-state index contributed by atoms with van der Waals surface area (Å²) in [5.41, 5.74) is 11.2. The van der Waals surface area contributed by atoms with Gasteiger partial charge in [-0.3, -0.25) is 4.79 Å². The highest BCUT2D eigenvalue weighted by Crippen LogP contribution is 2.28. The van der Waals surface area contributed by atoms with Crippen molar-refractivity contribution < 1.29 is 4.79 Å². The van der Waals surface area contributed by atoms with E-state index in [1.165, 1.54) is 25.7 Å². The Labute approximate surface area is 79.9 Å². The maximum atomic E-state index is 10.6. The molecule has 0 aliphatic heterocycles. The molecule has 0 aromatic rings. The fraction of sp³-hybridized carbons (Fsp3) is 0.900. The van der Waals surface area contributed by atoms with E-state index in [2.05, 4.69) is 0 Å². The molecule has 1 fully saturated rings. The third kappa shape index (κ3) is 3.77. The molecule has 0 bridgehead atoms. The fourth-order valence-corrected chi connectivity index (χ4v) is 2.05. The molecule has 13 heavy (non-hydrogen) atoms. The average Bonchev–Trinajstić information content (AvgIpc) is 2.28. The highest BCUT2D eigenvalue weighted by atomic mass is 16.1. The predicted molar refractivity (Wildman–Crippen MR) is 53.0 cm³/mol. The van der Waals surface area contributed by atoms with Crippen LogP contribution in [-0.4, -0.2) is 11.4 Å². The van der Waals surface area contributed by atoms with Gasteiger partial charge in [0.05, 0.1) is 0 Å². The summed E-state index contributed by atoms with van der Waals surface area (Å²) >= 11 is 0. The number of nitrogens with two attached hydrogens (primary N) is 2. The Kier molecular flexibility index (Phi) is 3.72. The average molecular weight is 184 g/mol. The molecule has 0 atom stereocenters. The number of amides is 1. The lowest BCUT2D eigenvalue weighted by atomic mass is 9.86. The van der Waals surface area contributed by atoms with Gasteiger partial charge >= 0.3 is 0 Å². The summed E-state index contributed by atoms with van der Waals surface area (Å²) < 4.78 is 0. The van der Waals surface area contributed by atoms with Gasteiger partial charge in [-0.25, -0.2) is 0 Å². The highest BCUT2D eigenvalue weighted by molar-refractivity contribution is 5.73. The van der Waals surface area contributed by atoms with Crippen molar-refractivity contribution in [3.8, 4) is 0 Å². The minimum Gasteiger partial charge on any atom is -0.370 e. The summed E-state index contributed by atoms with van der Waals surface area (Å²) in [5, 5.41) is 0. The number of rotatable bonds is 3. The van der Waals surface area contributed by atoms with E-state index in [0.717, 1.165) is 19.3 Å². The van der Waals surface area contributed by atoms with Crippen molar-refractivity contribution in [1.29, 1.82) is 0 Å². The molecular formula is C10H20N2O. The summed E-state index contributed by atoms with van der Waals surface area (Å²) in [6.45, 7) is 0. The molecule has 1 amide bonds. The molecule has 3 nitrogen and oxygen atoms in total. The summed E-state index contributed by atoms with van der Waals surface area (Å²) in [6, 6.07) is 0. The van der Waals surface area contributed by atoms with E-state index >= 15 is 0 Å². The van der Waals surface area contributed by atoms with Crippen LogP contribution in [0.5, 0.6) is 0 Å². The molecule has 1 aliphatic carbocycles. The lowest BCUT2D eigenvalue weighted by Crippen LogP contribution is -2.40. The van der Waals surface area contributed by atoms with Crippen molar-refractivity contribution in [1.82, 2.24) is 0 Å². The third-order valence-electron chi connectivity index (χ3n) is 2.97. The number of carbonyl (C=O) groups excluding carboxylic acids is 1. The molecule has 1 saturated carbocycles. The third-order valence-corrected chi connectivity index (χ3v) is 2.97. The van der Waals surface area contributed by atoms with E-state index < -0.39 is 0 Å². The van der Waals surface area contributed by atoms with Crippen LogP contribution in [0.3, 0.4) is 0 Å². The second kappa shape index (κ2) is 4.61. The van der Waals surface area contributed by atoms with Gasteiger partial charge < -0.3 is 11.5 Å². The second-order valence-corrected chi connectivity index (χ2v) is 4.24. The molecule has 3 heteroatoms. The van der Waals surface area contributed by atoms with Crippen LogP contribution < -0.4 is 11.5 Å². The van der Waals surface area contributed by atoms with Crippen molar-refractivity contribution >= 4 is 5.91 Å². The highest BCUT2D eigenvalue weighted by Gasteiger charge is 2.25. The van der Waals surface area contributed by atoms with E-state index in [-0.39, 0.29) is 11.4 Å². The second-order valence-electron chi connectivity index (χ2n) is 4.24. The van der Waals surface area contributed by atoms with Crippen LogP contribution in [0.15, 0.2) is 0 Å². The van der Waals surface area contributed by atoms with Crippen molar-refractivity contribution in [3.05, 3.63) is 0 Å². The number of carbonyl (C=O) groups is 1. The predicted octanol–water partition coefficient (Wildman–Crippen LogP) is 1.30. The topological polar surface area (TPSA) is 69.1 Å². The van der Waals surface area contributed by atoms with Crippen LogP contribution in [0.25, 0.3) is 0 Å². The fourth-order valence-electron chi connectivity index (χ4n) is 2.05. The quantitative estimate of drug-likeness (QED) is 0.649. The zero-order chi connectivity index (χ0) is 9.73. The van der Waals surface area contributed by atoms with Crippen LogP contribution in [0.2, 0.25) is 0 Å². The SMILES string of the molecule is NC(=O)CCC1(N)CCCCCC1. The minimum atomic E-state index is -0.228. The van der Waals surface area contributed by atoms with Crippen LogP contribution in [0, 0.1) is 0 Å². The van der Waals surface area contributed by atoms with Gasteiger partial charge in [-0.2, -0.15) is 0 Å².